The van der Waals surface area contributed by atoms with Gasteiger partial charge in [0.05, 0.1) is 31.8 Å². The zero-order chi connectivity index (χ0) is 24.4. The number of aliphatic hydroxyl groups excluding tert-OH is 4. The summed E-state index contributed by atoms with van der Waals surface area (Å²) in [7, 11) is 0. The fourth-order valence-corrected chi connectivity index (χ4v) is 2.41. The molecule has 0 fully saturated rings. The molecule has 0 aliphatic rings. The van der Waals surface area contributed by atoms with Crippen LogP contribution in [0.2, 0.25) is 0 Å². The molecule has 188 valence electrons. The Morgan fingerprint density at radius 1 is 0.516 bits per heavy atom. The monoisotopic (exact) mass is 452 g/mol. The van der Waals surface area contributed by atoms with Crippen molar-refractivity contribution < 1.29 is 40.2 Å². The second-order valence-corrected chi connectivity index (χ2v) is 7.96. The van der Waals surface area contributed by atoms with Crippen LogP contribution in [0.25, 0.3) is 0 Å². The van der Waals surface area contributed by atoms with E-state index in [1.54, 1.807) is 0 Å². The molecule has 8 heteroatoms. The van der Waals surface area contributed by atoms with E-state index in [9.17, 15) is 9.59 Å². The molecule has 0 atom stereocenters. The lowest BCUT2D eigenvalue weighted by molar-refractivity contribution is -0.138. The summed E-state index contributed by atoms with van der Waals surface area (Å²) >= 11 is 0. The molecular formula is C23H48O8. The molecule has 0 aromatic rings. The Labute approximate surface area is 188 Å². The van der Waals surface area contributed by atoms with E-state index in [-0.39, 0.29) is 0 Å². The van der Waals surface area contributed by atoms with Crippen LogP contribution >= 0.6 is 0 Å². The number of hydrogen-bond donors (Lipinski definition) is 6. The van der Waals surface area contributed by atoms with Crippen LogP contribution in [0.1, 0.15) is 104 Å². The van der Waals surface area contributed by atoms with E-state index in [1.165, 1.54) is 51.4 Å². The zero-order valence-electron chi connectivity index (χ0n) is 19.7. The van der Waals surface area contributed by atoms with Gasteiger partial charge in [0, 0.05) is 12.8 Å². The molecule has 0 aromatic heterocycles. The van der Waals surface area contributed by atoms with E-state index in [0.717, 1.165) is 25.7 Å². The van der Waals surface area contributed by atoms with Crippen LogP contribution in [-0.2, 0) is 9.59 Å². The van der Waals surface area contributed by atoms with Crippen molar-refractivity contribution in [2.24, 2.45) is 5.41 Å². The fourth-order valence-electron chi connectivity index (χ4n) is 2.41. The van der Waals surface area contributed by atoms with Crippen LogP contribution in [0.15, 0.2) is 0 Å². The van der Waals surface area contributed by atoms with Gasteiger partial charge in [-0.25, -0.2) is 0 Å². The van der Waals surface area contributed by atoms with Crippen molar-refractivity contribution in [3.8, 4) is 0 Å². The van der Waals surface area contributed by atoms with Crippen molar-refractivity contribution in [3.63, 3.8) is 0 Å². The summed E-state index contributed by atoms with van der Waals surface area (Å²) < 4.78 is 0. The van der Waals surface area contributed by atoms with Gasteiger partial charge in [-0.2, -0.15) is 0 Å². The van der Waals surface area contributed by atoms with Crippen LogP contribution in [0.3, 0.4) is 0 Å². The Bertz CT molecular complexity index is 366. The predicted molar refractivity (Wildman–Crippen MR) is 122 cm³/mol. The Balaban J connectivity index is -0.000000384. The second-order valence-electron chi connectivity index (χ2n) is 7.96. The van der Waals surface area contributed by atoms with Crippen LogP contribution in [0, 0.1) is 5.41 Å². The number of carboxylic acid groups (broad SMARTS) is 2. The first-order chi connectivity index (χ1) is 14.8. The van der Waals surface area contributed by atoms with Crippen molar-refractivity contribution in [2.75, 3.05) is 26.4 Å². The van der Waals surface area contributed by atoms with Gasteiger partial charge in [0.1, 0.15) is 0 Å². The molecule has 6 N–H and O–H groups in total. The van der Waals surface area contributed by atoms with E-state index >= 15 is 0 Å². The summed E-state index contributed by atoms with van der Waals surface area (Å²) in [5, 5.41) is 50.6. The lowest BCUT2D eigenvalue weighted by Crippen LogP contribution is -2.37. The minimum Gasteiger partial charge on any atom is -0.481 e. The minimum atomic E-state index is -1.11. The smallest absolute Gasteiger partial charge is 0.303 e. The number of carbonyl (C=O) groups is 2. The van der Waals surface area contributed by atoms with Crippen molar-refractivity contribution >= 4 is 11.9 Å². The summed E-state index contributed by atoms with van der Waals surface area (Å²) in [6, 6.07) is 0. The summed E-state index contributed by atoms with van der Waals surface area (Å²) in [6.45, 7) is 2.72. The first-order valence-corrected chi connectivity index (χ1v) is 11.7. The highest BCUT2D eigenvalue weighted by molar-refractivity contribution is 5.66. The maximum absolute atomic E-state index is 10.1. The molecule has 0 aliphatic heterocycles. The highest BCUT2D eigenvalue weighted by Gasteiger charge is 2.26. The molecular weight excluding hydrogens is 404 g/mol. The molecule has 0 rings (SSSR count). The lowest BCUT2D eigenvalue weighted by atomic mass is 9.93. The van der Waals surface area contributed by atoms with Crippen molar-refractivity contribution in [3.05, 3.63) is 0 Å². The zero-order valence-corrected chi connectivity index (χ0v) is 19.7. The Hall–Kier alpha value is -1.22. The van der Waals surface area contributed by atoms with Gasteiger partial charge in [0.2, 0.25) is 0 Å². The third-order valence-electron chi connectivity index (χ3n) is 4.83. The third kappa shape index (κ3) is 28.8. The van der Waals surface area contributed by atoms with E-state index < -0.39 is 43.8 Å². The molecule has 0 heterocycles. The molecule has 0 amide bonds. The van der Waals surface area contributed by atoms with Gasteiger partial charge in [-0.3, -0.25) is 9.59 Å². The lowest BCUT2D eigenvalue weighted by Gasteiger charge is -2.23. The molecule has 31 heavy (non-hydrogen) atoms. The predicted octanol–water partition coefficient (Wildman–Crippen LogP) is 3.59. The Morgan fingerprint density at radius 2 is 0.774 bits per heavy atom. The maximum Gasteiger partial charge on any atom is 0.303 e. The molecule has 0 bridgehead atoms. The molecule has 0 saturated heterocycles. The molecule has 0 aliphatic carbocycles. The van der Waals surface area contributed by atoms with Crippen molar-refractivity contribution in [1.29, 1.82) is 0 Å². The van der Waals surface area contributed by atoms with Gasteiger partial charge in [-0.1, -0.05) is 78.1 Å². The molecule has 0 aromatic carbocycles. The van der Waals surface area contributed by atoms with E-state index in [4.69, 9.17) is 30.6 Å². The summed E-state index contributed by atoms with van der Waals surface area (Å²) in [5.41, 5.74) is -1.11. The van der Waals surface area contributed by atoms with Crippen LogP contribution in [0.5, 0.6) is 0 Å². The van der Waals surface area contributed by atoms with Crippen LogP contribution in [0.4, 0.5) is 0 Å². The summed E-state index contributed by atoms with van der Waals surface area (Å²) in [6.07, 6.45) is 14.5. The molecule has 0 saturated carbocycles. The SMILES string of the molecule is CCCCCCCC(=O)O.CCCCCCCCCC(=O)O.OCC(CO)(CO)CO. The minimum absolute atomic E-state index is 0.337. The van der Waals surface area contributed by atoms with Gasteiger partial charge in [-0.15, -0.1) is 0 Å². The number of rotatable bonds is 18. The topological polar surface area (TPSA) is 156 Å². The first kappa shape index (κ1) is 34.4. The number of unbranched alkanes of at least 4 members (excludes halogenated alkanes) is 10. The van der Waals surface area contributed by atoms with Crippen molar-refractivity contribution in [1.82, 2.24) is 0 Å². The fraction of sp³-hybridized carbons (Fsp3) is 0.913. The van der Waals surface area contributed by atoms with Gasteiger partial charge in [-0.05, 0) is 12.8 Å². The molecule has 0 unspecified atom stereocenters. The highest BCUT2D eigenvalue weighted by atomic mass is 16.4. The van der Waals surface area contributed by atoms with Gasteiger partial charge in [0.25, 0.3) is 0 Å². The Kier molecular flexibility index (Phi) is 29.8. The molecule has 0 radical (unpaired) electrons. The normalized spacial score (nSPS) is 10.5. The molecule has 8 nitrogen and oxygen atoms in total. The molecule has 0 spiro atoms. The van der Waals surface area contributed by atoms with E-state index in [2.05, 4.69) is 13.8 Å². The van der Waals surface area contributed by atoms with Gasteiger partial charge >= 0.3 is 11.9 Å². The van der Waals surface area contributed by atoms with E-state index in [1.807, 2.05) is 0 Å². The second kappa shape index (κ2) is 26.8. The van der Waals surface area contributed by atoms with Crippen LogP contribution in [-0.4, -0.2) is 69.0 Å². The largest absolute Gasteiger partial charge is 0.481 e. The Morgan fingerprint density at radius 3 is 0.968 bits per heavy atom. The van der Waals surface area contributed by atoms with Crippen molar-refractivity contribution in [2.45, 2.75) is 104 Å². The maximum atomic E-state index is 10.1. The van der Waals surface area contributed by atoms with E-state index in [0.29, 0.717) is 12.8 Å². The average Bonchev–Trinajstić information content (AvgIpc) is 2.75. The first-order valence-electron chi connectivity index (χ1n) is 11.7. The highest BCUT2D eigenvalue weighted by Crippen LogP contribution is 2.12. The summed E-state index contributed by atoms with van der Waals surface area (Å²) in [4.78, 5) is 20.2. The summed E-state index contributed by atoms with van der Waals surface area (Å²) in [5.74, 6) is -1.33. The number of carboxylic acids is 2. The quantitative estimate of drug-likeness (QED) is 0.172. The third-order valence-corrected chi connectivity index (χ3v) is 4.83. The number of hydrogen-bond acceptors (Lipinski definition) is 6. The van der Waals surface area contributed by atoms with Crippen LogP contribution < -0.4 is 0 Å². The standard InChI is InChI=1S/C10H20O2.C8H16O2.C5H12O4/c1-2-3-4-5-6-7-8-9-10(11)12;1-2-3-4-5-6-7-8(9)10;6-1-5(2-7,3-8)4-9/h2-9H2,1H3,(H,11,12);2-7H2,1H3,(H,9,10);6-9H,1-4H2. The average molecular weight is 453 g/mol. The van der Waals surface area contributed by atoms with Gasteiger partial charge in [0.15, 0.2) is 0 Å². The number of aliphatic carboxylic acids is 2. The van der Waals surface area contributed by atoms with Gasteiger partial charge < -0.3 is 30.6 Å². The number of aliphatic hydroxyl groups is 4.